The second kappa shape index (κ2) is 4.51. The Bertz CT molecular complexity index is 444. The predicted molar refractivity (Wildman–Crippen MR) is 62.8 cm³/mol. The Morgan fingerprint density at radius 1 is 1.56 bits per heavy atom. The molecule has 4 nitrogen and oxygen atoms in total. The molecule has 0 spiro atoms. The number of hydrogen-bond acceptors (Lipinski definition) is 4. The van der Waals surface area contributed by atoms with Crippen LogP contribution in [0.25, 0.3) is 0 Å². The number of rotatable bonds is 3. The Morgan fingerprint density at radius 3 is 2.94 bits per heavy atom. The first-order chi connectivity index (χ1) is 7.55. The fourth-order valence-corrected chi connectivity index (χ4v) is 3.06. The van der Waals surface area contributed by atoms with Crippen molar-refractivity contribution in [3.8, 4) is 0 Å². The van der Waals surface area contributed by atoms with E-state index in [1.165, 1.54) is 6.26 Å². The van der Waals surface area contributed by atoms with Gasteiger partial charge >= 0.3 is 0 Å². The maximum atomic E-state index is 11.4. The van der Waals surface area contributed by atoms with E-state index in [2.05, 4.69) is 9.88 Å². The highest BCUT2D eigenvalue weighted by molar-refractivity contribution is 7.91. The van der Waals surface area contributed by atoms with Crippen molar-refractivity contribution in [1.29, 1.82) is 0 Å². The topological polar surface area (TPSA) is 50.3 Å². The molecule has 1 saturated heterocycles. The highest BCUT2D eigenvalue weighted by Crippen LogP contribution is 2.18. The molecule has 16 heavy (non-hydrogen) atoms. The fourth-order valence-electron chi connectivity index (χ4n) is 2.04. The average Bonchev–Trinajstić information content (AvgIpc) is 2.67. The summed E-state index contributed by atoms with van der Waals surface area (Å²) in [5, 5.41) is -0.191. The average molecular weight is 240 g/mol. The van der Waals surface area contributed by atoms with E-state index in [4.69, 9.17) is 0 Å². The number of hydrogen-bond donors (Lipinski definition) is 0. The third kappa shape index (κ3) is 2.80. The highest BCUT2D eigenvalue weighted by Gasteiger charge is 2.29. The summed E-state index contributed by atoms with van der Waals surface area (Å²) in [6, 6.07) is 3.92. The molecule has 1 aromatic heterocycles. The van der Waals surface area contributed by atoms with Gasteiger partial charge in [0.1, 0.15) is 0 Å². The SMILES string of the molecule is CS(=O)(=O)C1CCN(Cc2cccnc2)C1. The van der Waals surface area contributed by atoms with Crippen LogP contribution < -0.4 is 0 Å². The summed E-state index contributed by atoms with van der Waals surface area (Å²) >= 11 is 0. The van der Waals surface area contributed by atoms with Crippen LogP contribution in [0.4, 0.5) is 0 Å². The quantitative estimate of drug-likeness (QED) is 0.780. The van der Waals surface area contributed by atoms with Crippen LogP contribution in [0.3, 0.4) is 0 Å². The number of likely N-dealkylation sites (tertiary alicyclic amines) is 1. The maximum Gasteiger partial charge on any atom is 0.151 e. The molecule has 0 bridgehead atoms. The third-order valence-corrected chi connectivity index (χ3v) is 4.56. The van der Waals surface area contributed by atoms with E-state index in [0.29, 0.717) is 6.54 Å². The van der Waals surface area contributed by atoms with Gasteiger partial charge in [0.15, 0.2) is 9.84 Å². The van der Waals surface area contributed by atoms with Gasteiger partial charge in [-0.25, -0.2) is 8.42 Å². The van der Waals surface area contributed by atoms with Crippen LogP contribution in [0.1, 0.15) is 12.0 Å². The summed E-state index contributed by atoms with van der Waals surface area (Å²) in [5.74, 6) is 0. The van der Waals surface area contributed by atoms with Crippen molar-refractivity contribution >= 4 is 9.84 Å². The van der Waals surface area contributed by atoms with Crippen molar-refractivity contribution in [3.63, 3.8) is 0 Å². The summed E-state index contributed by atoms with van der Waals surface area (Å²) in [7, 11) is -2.89. The van der Waals surface area contributed by atoms with Gasteiger partial charge in [-0.15, -0.1) is 0 Å². The first kappa shape index (κ1) is 11.5. The van der Waals surface area contributed by atoms with Crippen molar-refractivity contribution in [3.05, 3.63) is 30.1 Å². The Morgan fingerprint density at radius 2 is 2.38 bits per heavy atom. The van der Waals surface area contributed by atoms with Gasteiger partial charge in [0.25, 0.3) is 0 Å². The molecule has 1 unspecified atom stereocenters. The molecule has 1 aromatic rings. The lowest BCUT2D eigenvalue weighted by Crippen LogP contribution is -2.26. The second-order valence-corrected chi connectivity index (χ2v) is 6.66. The molecule has 0 saturated carbocycles. The maximum absolute atomic E-state index is 11.4. The lowest BCUT2D eigenvalue weighted by atomic mass is 10.3. The van der Waals surface area contributed by atoms with E-state index in [-0.39, 0.29) is 5.25 Å². The molecule has 88 valence electrons. The minimum Gasteiger partial charge on any atom is -0.298 e. The van der Waals surface area contributed by atoms with Crippen LogP contribution in [-0.2, 0) is 16.4 Å². The summed E-state index contributed by atoms with van der Waals surface area (Å²) in [5.41, 5.74) is 1.14. The third-order valence-electron chi connectivity index (χ3n) is 2.96. The van der Waals surface area contributed by atoms with Gasteiger partial charge in [0, 0.05) is 31.7 Å². The molecule has 0 amide bonds. The first-order valence-corrected chi connectivity index (χ1v) is 7.31. The summed E-state index contributed by atoms with van der Waals surface area (Å²) in [4.78, 5) is 6.22. The molecule has 5 heteroatoms. The van der Waals surface area contributed by atoms with Crippen molar-refractivity contribution in [2.24, 2.45) is 0 Å². The van der Waals surface area contributed by atoms with E-state index in [1.54, 1.807) is 6.20 Å². The lowest BCUT2D eigenvalue weighted by molar-refractivity contribution is 0.331. The van der Waals surface area contributed by atoms with Crippen LogP contribution >= 0.6 is 0 Å². The standard InChI is InChI=1S/C11H16N2O2S/c1-16(14,15)11-4-6-13(9-11)8-10-3-2-5-12-7-10/h2-3,5,7,11H,4,6,8-9H2,1H3. The minimum absolute atomic E-state index is 0.191. The van der Waals surface area contributed by atoms with Gasteiger partial charge in [-0.2, -0.15) is 0 Å². The molecule has 2 rings (SSSR count). The van der Waals surface area contributed by atoms with Crippen molar-refractivity contribution < 1.29 is 8.42 Å². The number of aromatic nitrogens is 1. The zero-order valence-corrected chi connectivity index (χ0v) is 10.2. The Balaban J connectivity index is 1.96. The molecular weight excluding hydrogens is 224 g/mol. The van der Waals surface area contributed by atoms with Crippen molar-refractivity contribution in [2.45, 2.75) is 18.2 Å². The van der Waals surface area contributed by atoms with E-state index in [1.807, 2.05) is 18.3 Å². The molecule has 1 fully saturated rings. The second-order valence-electron chi connectivity index (χ2n) is 4.34. The lowest BCUT2D eigenvalue weighted by Gasteiger charge is -2.15. The van der Waals surface area contributed by atoms with E-state index < -0.39 is 9.84 Å². The molecule has 0 aliphatic carbocycles. The molecule has 0 N–H and O–H groups in total. The summed E-state index contributed by atoms with van der Waals surface area (Å²) in [6.07, 6.45) is 5.64. The van der Waals surface area contributed by atoms with Crippen LogP contribution in [0.5, 0.6) is 0 Å². The molecule has 2 heterocycles. The van der Waals surface area contributed by atoms with Gasteiger partial charge in [0.2, 0.25) is 0 Å². The monoisotopic (exact) mass is 240 g/mol. The van der Waals surface area contributed by atoms with E-state index in [0.717, 1.165) is 25.1 Å². The van der Waals surface area contributed by atoms with Crippen LogP contribution in [0, 0.1) is 0 Å². The van der Waals surface area contributed by atoms with Gasteiger partial charge in [0.05, 0.1) is 5.25 Å². The zero-order chi connectivity index (χ0) is 11.6. The Labute approximate surface area is 96.2 Å². The van der Waals surface area contributed by atoms with Crippen LogP contribution in [0.15, 0.2) is 24.5 Å². The number of pyridine rings is 1. The molecule has 0 radical (unpaired) electrons. The molecule has 0 aromatic carbocycles. The zero-order valence-electron chi connectivity index (χ0n) is 9.33. The van der Waals surface area contributed by atoms with E-state index >= 15 is 0 Å². The summed E-state index contributed by atoms with van der Waals surface area (Å²) < 4.78 is 22.8. The predicted octanol–water partition coefficient (Wildman–Crippen LogP) is 0.700. The minimum atomic E-state index is -2.89. The first-order valence-electron chi connectivity index (χ1n) is 5.36. The van der Waals surface area contributed by atoms with E-state index in [9.17, 15) is 8.42 Å². The van der Waals surface area contributed by atoms with Gasteiger partial charge in [-0.05, 0) is 24.6 Å². The van der Waals surface area contributed by atoms with Gasteiger partial charge in [-0.1, -0.05) is 6.07 Å². The Kier molecular flexibility index (Phi) is 3.25. The molecule has 1 aliphatic heterocycles. The molecule has 1 atom stereocenters. The van der Waals surface area contributed by atoms with Crippen LogP contribution in [-0.4, -0.2) is 42.9 Å². The largest absolute Gasteiger partial charge is 0.298 e. The Hall–Kier alpha value is -0.940. The van der Waals surface area contributed by atoms with Crippen molar-refractivity contribution in [2.75, 3.05) is 19.3 Å². The normalized spacial score (nSPS) is 22.4. The van der Waals surface area contributed by atoms with Gasteiger partial charge < -0.3 is 0 Å². The highest BCUT2D eigenvalue weighted by atomic mass is 32.2. The smallest absolute Gasteiger partial charge is 0.151 e. The van der Waals surface area contributed by atoms with Gasteiger partial charge in [-0.3, -0.25) is 9.88 Å². The molecular formula is C11H16N2O2S. The number of nitrogens with zero attached hydrogens (tertiary/aromatic N) is 2. The summed E-state index contributed by atoms with van der Waals surface area (Å²) in [6.45, 7) is 2.29. The fraction of sp³-hybridized carbons (Fsp3) is 0.545. The van der Waals surface area contributed by atoms with Crippen molar-refractivity contribution in [1.82, 2.24) is 9.88 Å². The van der Waals surface area contributed by atoms with Crippen LogP contribution in [0.2, 0.25) is 0 Å². The number of sulfone groups is 1. The molecule has 1 aliphatic rings.